The van der Waals surface area contributed by atoms with Crippen LogP contribution in [-0.2, 0) is 0 Å². The van der Waals surface area contributed by atoms with Gasteiger partial charge < -0.3 is 15.2 Å². The van der Waals surface area contributed by atoms with Gasteiger partial charge in [0.25, 0.3) is 0 Å². The van der Waals surface area contributed by atoms with Crippen LogP contribution in [0.5, 0.6) is 11.5 Å². The minimum atomic E-state index is 0.437. The molecule has 0 aliphatic heterocycles. The fourth-order valence-electron chi connectivity index (χ4n) is 2.17. The van der Waals surface area contributed by atoms with Crippen molar-refractivity contribution in [3.63, 3.8) is 0 Å². The maximum Gasteiger partial charge on any atom is 0.170 e. The van der Waals surface area contributed by atoms with Crippen LogP contribution in [0.2, 0.25) is 0 Å². The molecule has 102 valence electrons. The molecule has 0 saturated heterocycles. The average Bonchev–Trinajstić information content (AvgIpc) is 2.81. The molecule has 0 radical (unpaired) electrons. The summed E-state index contributed by atoms with van der Waals surface area (Å²) in [6.07, 6.45) is 0. The highest BCUT2D eigenvalue weighted by Gasteiger charge is 2.22. The molecule has 0 amide bonds. The molecule has 6 heteroatoms. The van der Waals surface area contributed by atoms with Crippen molar-refractivity contribution >= 4 is 21.7 Å². The van der Waals surface area contributed by atoms with Crippen molar-refractivity contribution in [3.8, 4) is 22.8 Å². The van der Waals surface area contributed by atoms with Crippen molar-refractivity contribution in [1.82, 2.24) is 10.2 Å². The first-order valence-corrected chi connectivity index (χ1v) is 6.52. The number of nitrogens with one attached hydrogen (secondary N) is 1. The molecule has 0 unspecified atom stereocenters. The van der Waals surface area contributed by atoms with Gasteiger partial charge in [-0.25, -0.2) is 0 Å². The van der Waals surface area contributed by atoms with Gasteiger partial charge in [0.15, 0.2) is 11.5 Å². The number of H-pyrrole nitrogens is 1. The summed E-state index contributed by atoms with van der Waals surface area (Å²) in [5.41, 5.74) is 9.39. The number of ether oxygens (including phenoxy) is 2. The molecular formula is C13H16BrN3O2. The highest BCUT2D eigenvalue weighted by atomic mass is 79.9. The summed E-state index contributed by atoms with van der Waals surface area (Å²) in [6.45, 7) is 3.98. The summed E-state index contributed by atoms with van der Waals surface area (Å²) in [5.74, 6) is 1.81. The zero-order valence-corrected chi connectivity index (χ0v) is 12.9. The van der Waals surface area contributed by atoms with Crippen LogP contribution in [0, 0.1) is 13.8 Å². The van der Waals surface area contributed by atoms with E-state index in [1.54, 1.807) is 20.3 Å². The number of anilines is 1. The SMILES string of the molecule is COc1c(C)c(Br)c(C)c(-c2cc(N)n[nH]2)c1OC. The van der Waals surface area contributed by atoms with Gasteiger partial charge in [0.1, 0.15) is 5.82 Å². The number of rotatable bonds is 3. The van der Waals surface area contributed by atoms with E-state index in [4.69, 9.17) is 15.2 Å². The van der Waals surface area contributed by atoms with Crippen molar-refractivity contribution in [2.75, 3.05) is 20.0 Å². The zero-order chi connectivity index (χ0) is 14.2. The fraction of sp³-hybridized carbons (Fsp3) is 0.308. The Balaban J connectivity index is 2.82. The highest BCUT2D eigenvalue weighted by Crippen LogP contribution is 2.46. The van der Waals surface area contributed by atoms with E-state index >= 15 is 0 Å². The summed E-state index contributed by atoms with van der Waals surface area (Å²) in [6, 6.07) is 1.77. The number of aromatic nitrogens is 2. The van der Waals surface area contributed by atoms with E-state index in [1.165, 1.54) is 0 Å². The molecule has 2 aromatic rings. The Kier molecular flexibility index (Phi) is 3.71. The minimum Gasteiger partial charge on any atom is -0.493 e. The van der Waals surface area contributed by atoms with E-state index in [1.807, 2.05) is 13.8 Å². The molecule has 5 nitrogen and oxygen atoms in total. The molecule has 0 bridgehead atoms. The molecule has 3 N–H and O–H groups in total. The Labute approximate surface area is 120 Å². The topological polar surface area (TPSA) is 73.2 Å². The number of nitrogen functional groups attached to an aromatic ring is 1. The summed E-state index contributed by atoms with van der Waals surface area (Å²) >= 11 is 3.59. The second-order valence-corrected chi connectivity index (χ2v) is 5.00. The quantitative estimate of drug-likeness (QED) is 0.909. The maximum absolute atomic E-state index is 5.67. The first-order valence-electron chi connectivity index (χ1n) is 5.73. The summed E-state index contributed by atoms with van der Waals surface area (Å²) < 4.78 is 11.9. The van der Waals surface area contributed by atoms with Crippen molar-refractivity contribution in [2.45, 2.75) is 13.8 Å². The van der Waals surface area contributed by atoms with Crippen LogP contribution in [0.15, 0.2) is 10.5 Å². The molecule has 0 atom stereocenters. The molecule has 0 aliphatic rings. The van der Waals surface area contributed by atoms with E-state index in [0.29, 0.717) is 17.3 Å². The lowest BCUT2D eigenvalue weighted by Gasteiger charge is -2.18. The van der Waals surface area contributed by atoms with E-state index in [9.17, 15) is 0 Å². The molecule has 0 fully saturated rings. The smallest absolute Gasteiger partial charge is 0.170 e. The first kappa shape index (κ1) is 13.7. The zero-order valence-electron chi connectivity index (χ0n) is 11.3. The third kappa shape index (κ3) is 2.16. The maximum atomic E-state index is 5.67. The Morgan fingerprint density at radius 1 is 1.16 bits per heavy atom. The Morgan fingerprint density at radius 3 is 2.26 bits per heavy atom. The van der Waals surface area contributed by atoms with Crippen LogP contribution in [-0.4, -0.2) is 24.4 Å². The third-order valence-electron chi connectivity index (χ3n) is 3.08. The standard InChI is InChI=1S/C13H16BrN3O2/c1-6-10(8-5-9(15)17-16-8)13(19-4)12(18-3)7(2)11(6)14/h5H,1-4H3,(H3,15,16,17). The molecular weight excluding hydrogens is 310 g/mol. The summed E-state index contributed by atoms with van der Waals surface area (Å²) in [4.78, 5) is 0. The number of hydrogen-bond donors (Lipinski definition) is 2. The Bertz CT molecular complexity index is 623. The molecule has 0 aliphatic carbocycles. The second-order valence-electron chi connectivity index (χ2n) is 4.21. The van der Waals surface area contributed by atoms with E-state index in [2.05, 4.69) is 26.1 Å². The molecule has 1 heterocycles. The van der Waals surface area contributed by atoms with Crippen LogP contribution >= 0.6 is 15.9 Å². The van der Waals surface area contributed by atoms with Crippen LogP contribution in [0.1, 0.15) is 11.1 Å². The second kappa shape index (κ2) is 5.13. The number of aromatic amines is 1. The number of nitrogens with two attached hydrogens (primary N) is 1. The predicted octanol–water partition coefficient (Wildman–Crippen LogP) is 3.06. The van der Waals surface area contributed by atoms with Crippen molar-refractivity contribution in [3.05, 3.63) is 21.7 Å². The van der Waals surface area contributed by atoms with Gasteiger partial charge >= 0.3 is 0 Å². The fourth-order valence-corrected chi connectivity index (χ4v) is 2.55. The molecule has 2 rings (SSSR count). The summed E-state index contributed by atoms with van der Waals surface area (Å²) in [7, 11) is 3.24. The predicted molar refractivity (Wildman–Crippen MR) is 78.7 cm³/mol. The summed E-state index contributed by atoms with van der Waals surface area (Å²) in [5, 5.41) is 6.86. The molecule has 1 aromatic heterocycles. The average molecular weight is 326 g/mol. The number of methoxy groups -OCH3 is 2. The number of nitrogens with zero attached hydrogens (tertiary/aromatic N) is 1. The van der Waals surface area contributed by atoms with Crippen LogP contribution in [0.3, 0.4) is 0 Å². The lowest BCUT2D eigenvalue weighted by molar-refractivity contribution is 0.353. The Hall–Kier alpha value is -1.69. The van der Waals surface area contributed by atoms with Crippen molar-refractivity contribution in [2.24, 2.45) is 0 Å². The first-order chi connectivity index (χ1) is 9.01. The lowest BCUT2D eigenvalue weighted by Crippen LogP contribution is -2.00. The number of hydrogen-bond acceptors (Lipinski definition) is 4. The normalized spacial score (nSPS) is 10.6. The van der Waals surface area contributed by atoms with E-state index in [-0.39, 0.29) is 0 Å². The van der Waals surface area contributed by atoms with Gasteiger partial charge in [-0.3, -0.25) is 5.10 Å². The van der Waals surface area contributed by atoms with Crippen molar-refractivity contribution < 1.29 is 9.47 Å². The van der Waals surface area contributed by atoms with Gasteiger partial charge in [-0.05, 0) is 19.4 Å². The largest absolute Gasteiger partial charge is 0.493 e. The van der Waals surface area contributed by atoms with Gasteiger partial charge in [0.05, 0.1) is 19.9 Å². The number of benzene rings is 1. The van der Waals surface area contributed by atoms with E-state index in [0.717, 1.165) is 26.9 Å². The molecule has 1 aromatic carbocycles. The van der Waals surface area contributed by atoms with Crippen molar-refractivity contribution in [1.29, 1.82) is 0 Å². The van der Waals surface area contributed by atoms with Gasteiger partial charge in [0.2, 0.25) is 0 Å². The molecule has 0 saturated carbocycles. The highest BCUT2D eigenvalue weighted by molar-refractivity contribution is 9.10. The molecule has 0 spiro atoms. The van der Waals surface area contributed by atoms with Gasteiger partial charge in [-0.2, -0.15) is 5.10 Å². The lowest BCUT2D eigenvalue weighted by atomic mass is 10.0. The van der Waals surface area contributed by atoms with E-state index < -0.39 is 0 Å². The van der Waals surface area contributed by atoms with Crippen LogP contribution in [0.4, 0.5) is 5.82 Å². The number of halogens is 1. The molecule has 19 heavy (non-hydrogen) atoms. The van der Waals surface area contributed by atoms with Gasteiger partial charge in [0, 0.05) is 21.7 Å². The van der Waals surface area contributed by atoms with Gasteiger partial charge in [-0.1, -0.05) is 15.9 Å². The van der Waals surface area contributed by atoms with Crippen LogP contribution < -0.4 is 15.2 Å². The Morgan fingerprint density at radius 2 is 1.79 bits per heavy atom. The van der Waals surface area contributed by atoms with Gasteiger partial charge in [-0.15, -0.1) is 0 Å². The third-order valence-corrected chi connectivity index (χ3v) is 4.27. The minimum absolute atomic E-state index is 0.437. The van der Waals surface area contributed by atoms with Crippen LogP contribution in [0.25, 0.3) is 11.3 Å². The monoisotopic (exact) mass is 325 g/mol.